The number of nitro benzene ring substituents is 1. The Morgan fingerprint density at radius 2 is 1.49 bits per heavy atom. The lowest BCUT2D eigenvalue weighted by Crippen LogP contribution is -2.39. The molecule has 0 saturated heterocycles. The first-order chi connectivity index (χ1) is 19.7. The van der Waals surface area contributed by atoms with Gasteiger partial charge in [0.25, 0.3) is 17.5 Å². The molecule has 0 aliphatic rings. The van der Waals surface area contributed by atoms with Crippen LogP contribution in [0.25, 0.3) is 22.2 Å². The number of nitrogens with zero attached hydrogens (tertiary/aromatic N) is 3. The number of para-hydroxylation sites is 2. The summed E-state index contributed by atoms with van der Waals surface area (Å²) in [7, 11) is 1.57. The van der Waals surface area contributed by atoms with Crippen molar-refractivity contribution in [2.75, 3.05) is 12.4 Å². The first-order valence-corrected chi connectivity index (χ1v) is 13.1. The number of carbonyl (C=O) groups excluding carboxylic acids is 2. The van der Waals surface area contributed by atoms with E-state index in [2.05, 4.69) is 5.32 Å². The average Bonchev–Trinajstić information content (AvgIpc) is 2.99. The van der Waals surface area contributed by atoms with Crippen molar-refractivity contribution < 1.29 is 14.5 Å². The Morgan fingerprint density at radius 1 is 0.854 bits per heavy atom. The van der Waals surface area contributed by atoms with Gasteiger partial charge < -0.3 is 10.2 Å². The van der Waals surface area contributed by atoms with Crippen LogP contribution in [0.15, 0.2) is 103 Å². The van der Waals surface area contributed by atoms with Crippen LogP contribution in [0.1, 0.15) is 33.1 Å². The maximum Gasteiger partial charge on any atom is 0.269 e. The van der Waals surface area contributed by atoms with E-state index < -0.39 is 16.9 Å². The molecule has 0 spiro atoms. The molecule has 204 valence electrons. The molecule has 0 radical (unpaired) electrons. The number of amides is 2. The van der Waals surface area contributed by atoms with Crippen LogP contribution in [0.2, 0.25) is 0 Å². The van der Waals surface area contributed by atoms with Crippen LogP contribution in [-0.2, 0) is 4.79 Å². The Morgan fingerprint density at radius 3 is 2.15 bits per heavy atom. The molecule has 0 aliphatic carbocycles. The number of fused-ring (bicyclic) bond motifs is 1. The molecule has 1 N–H and O–H groups in total. The van der Waals surface area contributed by atoms with E-state index in [-0.39, 0.29) is 11.6 Å². The summed E-state index contributed by atoms with van der Waals surface area (Å²) in [4.78, 5) is 45.1. The number of pyridine rings is 1. The van der Waals surface area contributed by atoms with Crippen molar-refractivity contribution in [2.24, 2.45) is 0 Å². The zero-order chi connectivity index (χ0) is 29.1. The highest BCUT2D eigenvalue weighted by atomic mass is 16.6. The number of carbonyl (C=O) groups is 2. The van der Waals surface area contributed by atoms with Crippen molar-refractivity contribution in [3.63, 3.8) is 0 Å². The molecule has 41 heavy (non-hydrogen) atoms. The van der Waals surface area contributed by atoms with Crippen molar-refractivity contribution in [1.82, 2.24) is 9.88 Å². The number of likely N-dealkylation sites (N-methyl/N-ethyl adjacent to an activating group) is 1. The van der Waals surface area contributed by atoms with Gasteiger partial charge in [0.05, 0.1) is 21.7 Å². The van der Waals surface area contributed by atoms with Gasteiger partial charge in [0.2, 0.25) is 0 Å². The molecule has 1 aromatic heterocycles. The number of anilines is 1. The van der Waals surface area contributed by atoms with E-state index in [0.29, 0.717) is 33.4 Å². The lowest BCUT2D eigenvalue weighted by Gasteiger charge is -2.29. The monoisotopic (exact) mass is 544 g/mol. The van der Waals surface area contributed by atoms with Gasteiger partial charge in [-0.05, 0) is 54.8 Å². The Hall–Kier alpha value is -5.37. The molecule has 0 saturated carbocycles. The fraction of sp³-hybridized carbons (Fsp3) is 0.121. The summed E-state index contributed by atoms with van der Waals surface area (Å²) in [6.45, 7) is 3.79. The normalized spacial score (nSPS) is 11.6. The van der Waals surface area contributed by atoms with E-state index in [1.807, 2.05) is 86.6 Å². The molecular weight excluding hydrogens is 516 g/mol. The van der Waals surface area contributed by atoms with E-state index in [9.17, 15) is 19.7 Å². The summed E-state index contributed by atoms with van der Waals surface area (Å²) >= 11 is 0. The lowest BCUT2D eigenvalue weighted by atomic mass is 10.00. The third kappa shape index (κ3) is 5.53. The van der Waals surface area contributed by atoms with Crippen molar-refractivity contribution >= 4 is 34.1 Å². The van der Waals surface area contributed by atoms with Gasteiger partial charge in [-0.1, -0.05) is 66.7 Å². The summed E-state index contributed by atoms with van der Waals surface area (Å²) < 4.78 is 0. The zero-order valence-corrected chi connectivity index (χ0v) is 22.9. The molecule has 1 unspecified atom stereocenters. The summed E-state index contributed by atoms with van der Waals surface area (Å²) in [6.07, 6.45) is 0. The minimum absolute atomic E-state index is 0.107. The van der Waals surface area contributed by atoms with Crippen LogP contribution in [-0.4, -0.2) is 33.7 Å². The van der Waals surface area contributed by atoms with Crippen LogP contribution >= 0.6 is 0 Å². The lowest BCUT2D eigenvalue weighted by molar-refractivity contribution is -0.384. The van der Waals surface area contributed by atoms with E-state index >= 15 is 0 Å². The fourth-order valence-electron chi connectivity index (χ4n) is 4.95. The Balaban J connectivity index is 1.60. The molecule has 4 aromatic carbocycles. The molecule has 5 rings (SSSR count). The molecule has 1 heterocycles. The van der Waals surface area contributed by atoms with Crippen molar-refractivity contribution in [2.45, 2.75) is 19.9 Å². The number of nitro groups is 1. The third-order valence-electron chi connectivity index (χ3n) is 7.12. The topological polar surface area (TPSA) is 105 Å². The summed E-state index contributed by atoms with van der Waals surface area (Å²) in [5, 5.41) is 14.9. The highest BCUT2D eigenvalue weighted by Crippen LogP contribution is 2.31. The van der Waals surface area contributed by atoms with E-state index in [4.69, 9.17) is 4.98 Å². The minimum atomic E-state index is -1.07. The van der Waals surface area contributed by atoms with Gasteiger partial charge in [0.1, 0.15) is 6.04 Å². The maximum atomic E-state index is 14.2. The van der Waals surface area contributed by atoms with Gasteiger partial charge in [0, 0.05) is 35.8 Å². The molecule has 8 nitrogen and oxygen atoms in total. The summed E-state index contributed by atoms with van der Waals surface area (Å²) in [5.41, 5.74) is 5.28. The number of aromatic nitrogens is 1. The van der Waals surface area contributed by atoms with E-state index in [0.717, 1.165) is 16.7 Å². The fourth-order valence-corrected chi connectivity index (χ4v) is 4.95. The number of non-ortho nitro benzene ring substituents is 1. The number of hydrogen-bond donors (Lipinski definition) is 1. The SMILES string of the molecule is Cc1cccc(C)c1NC(=O)C(c1ccc([N+](=O)[O-])cc1)N(C)C(=O)c1cc(-c2ccccc2)nc2ccccc12. The number of benzene rings is 4. The van der Waals surface area contributed by atoms with Gasteiger partial charge in [-0.3, -0.25) is 19.7 Å². The van der Waals surface area contributed by atoms with Crippen molar-refractivity contribution in [3.8, 4) is 11.3 Å². The van der Waals surface area contributed by atoms with Gasteiger partial charge in [0.15, 0.2) is 0 Å². The van der Waals surface area contributed by atoms with Gasteiger partial charge in [-0.25, -0.2) is 4.98 Å². The van der Waals surface area contributed by atoms with Gasteiger partial charge in [-0.2, -0.15) is 0 Å². The van der Waals surface area contributed by atoms with Crippen LogP contribution in [0, 0.1) is 24.0 Å². The third-order valence-corrected chi connectivity index (χ3v) is 7.12. The molecule has 0 fully saturated rings. The smallest absolute Gasteiger partial charge is 0.269 e. The van der Waals surface area contributed by atoms with E-state index in [1.165, 1.54) is 29.2 Å². The quantitative estimate of drug-likeness (QED) is 0.178. The average molecular weight is 545 g/mol. The standard InChI is InChI=1S/C33H28N4O4/c1-21-10-9-11-22(2)30(21)35-32(38)31(24-16-18-25(19-17-24)37(40)41)36(3)33(39)27-20-29(23-12-5-4-6-13-23)34-28-15-8-7-14-26(27)28/h4-20,31H,1-3H3,(H,35,38). The zero-order valence-electron chi connectivity index (χ0n) is 22.9. The second kappa shape index (κ2) is 11.4. The first-order valence-electron chi connectivity index (χ1n) is 13.1. The number of aryl methyl sites for hydroxylation is 2. The predicted molar refractivity (Wildman–Crippen MR) is 160 cm³/mol. The summed E-state index contributed by atoms with van der Waals surface area (Å²) in [6, 6.07) is 29.0. The second-order valence-corrected chi connectivity index (χ2v) is 9.86. The molecular formula is C33H28N4O4. The van der Waals surface area contributed by atoms with Crippen molar-refractivity contribution in [3.05, 3.63) is 135 Å². The molecule has 8 heteroatoms. The van der Waals surface area contributed by atoms with Crippen molar-refractivity contribution in [1.29, 1.82) is 0 Å². The van der Waals surface area contributed by atoms with Crippen LogP contribution in [0.4, 0.5) is 11.4 Å². The highest BCUT2D eigenvalue weighted by Gasteiger charge is 2.31. The second-order valence-electron chi connectivity index (χ2n) is 9.86. The molecule has 2 amide bonds. The Kier molecular flexibility index (Phi) is 7.56. The Labute approximate surface area is 237 Å². The van der Waals surface area contributed by atoms with Crippen LogP contribution in [0.3, 0.4) is 0 Å². The van der Waals surface area contributed by atoms with Gasteiger partial charge >= 0.3 is 0 Å². The molecule has 0 aliphatic heterocycles. The molecule has 1 atom stereocenters. The number of nitrogens with one attached hydrogen (secondary N) is 1. The van der Waals surface area contributed by atoms with Crippen LogP contribution < -0.4 is 5.32 Å². The van der Waals surface area contributed by atoms with E-state index in [1.54, 1.807) is 13.1 Å². The van der Waals surface area contributed by atoms with Gasteiger partial charge in [-0.15, -0.1) is 0 Å². The number of rotatable bonds is 7. The minimum Gasteiger partial charge on any atom is -0.326 e. The highest BCUT2D eigenvalue weighted by molar-refractivity contribution is 6.09. The molecule has 0 bridgehead atoms. The largest absolute Gasteiger partial charge is 0.326 e. The summed E-state index contributed by atoms with van der Waals surface area (Å²) in [5.74, 6) is -0.825. The molecule has 5 aromatic rings. The maximum absolute atomic E-state index is 14.2. The first kappa shape index (κ1) is 27.2. The Bertz CT molecular complexity index is 1750. The predicted octanol–water partition coefficient (Wildman–Crippen LogP) is 6.88. The van der Waals surface area contributed by atoms with Crippen LogP contribution in [0.5, 0.6) is 0 Å². The number of hydrogen-bond acceptors (Lipinski definition) is 5.